The van der Waals surface area contributed by atoms with Crippen LogP contribution < -0.4 is 4.74 Å². The summed E-state index contributed by atoms with van der Waals surface area (Å²) in [6.45, 7) is 1.92. The molecular formula is C12H13BrO3. The summed E-state index contributed by atoms with van der Waals surface area (Å²) in [4.78, 5) is 11.3. The Labute approximate surface area is 103 Å². The standard InChI is InChI=1S/C12H13BrO3/c1-7-3-4-8(13)9(10(7)16-2)12(5-6-12)11(14)15/h3-4H,5-6H2,1-2H3,(H,14,15). The van der Waals surface area contributed by atoms with Crippen LogP contribution in [0, 0.1) is 6.92 Å². The predicted octanol–water partition coefficient (Wildman–Crippen LogP) is 2.88. The molecule has 0 heterocycles. The molecule has 1 N–H and O–H groups in total. The first-order chi connectivity index (χ1) is 7.53. The van der Waals surface area contributed by atoms with Crippen LogP contribution in [-0.4, -0.2) is 18.2 Å². The van der Waals surface area contributed by atoms with Crippen molar-refractivity contribution in [2.75, 3.05) is 7.11 Å². The molecule has 1 aliphatic carbocycles. The summed E-state index contributed by atoms with van der Waals surface area (Å²) in [6.07, 6.45) is 1.36. The van der Waals surface area contributed by atoms with Crippen LogP contribution in [0.15, 0.2) is 16.6 Å². The molecule has 0 aliphatic heterocycles. The van der Waals surface area contributed by atoms with E-state index in [1.807, 2.05) is 19.1 Å². The molecule has 0 spiro atoms. The van der Waals surface area contributed by atoms with E-state index in [0.29, 0.717) is 18.6 Å². The fraction of sp³-hybridized carbons (Fsp3) is 0.417. The molecule has 1 aliphatic rings. The van der Waals surface area contributed by atoms with Gasteiger partial charge in [-0.3, -0.25) is 4.79 Å². The molecule has 0 radical (unpaired) electrons. The first-order valence-corrected chi connectivity index (χ1v) is 5.89. The van der Waals surface area contributed by atoms with Gasteiger partial charge in [0.15, 0.2) is 0 Å². The first-order valence-electron chi connectivity index (χ1n) is 5.10. The minimum atomic E-state index is -0.767. The molecule has 0 atom stereocenters. The van der Waals surface area contributed by atoms with Gasteiger partial charge < -0.3 is 9.84 Å². The zero-order valence-corrected chi connectivity index (χ0v) is 10.8. The summed E-state index contributed by atoms with van der Waals surface area (Å²) in [5.74, 6) is -0.0774. The molecule has 2 rings (SSSR count). The van der Waals surface area contributed by atoms with Crippen molar-refractivity contribution in [2.24, 2.45) is 0 Å². The van der Waals surface area contributed by atoms with Gasteiger partial charge in [0.2, 0.25) is 0 Å². The van der Waals surface area contributed by atoms with Crippen LogP contribution in [0.25, 0.3) is 0 Å². The molecule has 1 saturated carbocycles. The normalized spacial score (nSPS) is 16.9. The number of ether oxygens (including phenoxy) is 1. The molecule has 86 valence electrons. The Kier molecular flexibility index (Phi) is 2.70. The lowest BCUT2D eigenvalue weighted by atomic mass is 9.93. The molecule has 1 aromatic carbocycles. The Morgan fingerprint density at radius 2 is 2.12 bits per heavy atom. The van der Waals surface area contributed by atoms with Crippen molar-refractivity contribution in [1.82, 2.24) is 0 Å². The van der Waals surface area contributed by atoms with Gasteiger partial charge in [-0.25, -0.2) is 0 Å². The highest BCUT2D eigenvalue weighted by Gasteiger charge is 2.54. The molecule has 0 amide bonds. The van der Waals surface area contributed by atoms with Crippen LogP contribution in [0.4, 0.5) is 0 Å². The van der Waals surface area contributed by atoms with Crippen LogP contribution >= 0.6 is 15.9 Å². The zero-order valence-electron chi connectivity index (χ0n) is 9.21. The van der Waals surface area contributed by atoms with Crippen molar-refractivity contribution in [3.63, 3.8) is 0 Å². The van der Waals surface area contributed by atoms with E-state index in [0.717, 1.165) is 15.6 Å². The Hall–Kier alpha value is -1.03. The van der Waals surface area contributed by atoms with Gasteiger partial charge in [0.1, 0.15) is 5.75 Å². The number of hydrogen-bond acceptors (Lipinski definition) is 2. The predicted molar refractivity (Wildman–Crippen MR) is 64.0 cm³/mol. The van der Waals surface area contributed by atoms with Gasteiger partial charge in [-0.2, -0.15) is 0 Å². The number of aliphatic carboxylic acids is 1. The number of halogens is 1. The van der Waals surface area contributed by atoms with Gasteiger partial charge in [0.25, 0.3) is 0 Å². The second-order valence-corrected chi connectivity index (χ2v) is 5.01. The minimum Gasteiger partial charge on any atom is -0.496 e. The molecule has 0 saturated heterocycles. The number of carbonyl (C=O) groups is 1. The monoisotopic (exact) mass is 284 g/mol. The number of carboxylic acid groups (broad SMARTS) is 1. The van der Waals surface area contributed by atoms with E-state index in [2.05, 4.69) is 15.9 Å². The summed E-state index contributed by atoms with van der Waals surface area (Å²) in [6, 6.07) is 3.81. The molecule has 0 bridgehead atoms. The number of benzene rings is 1. The molecular weight excluding hydrogens is 272 g/mol. The highest BCUT2D eigenvalue weighted by atomic mass is 79.9. The summed E-state index contributed by atoms with van der Waals surface area (Å²) in [7, 11) is 1.58. The van der Waals surface area contributed by atoms with Crippen molar-refractivity contribution >= 4 is 21.9 Å². The molecule has 1 aromatic rings. The maximum Gasteiger partial charge on any atom is 0.314 e. The molecule has 0 aromatic heterocycles. The van der Waals surface area contributed by atoms with E-state index in [1.165, 1.54) is 0 Å². The number of rotatable bonds is 3. The Morgan fingerprint density at radius 3 is 2.56 bits per heavy atom. The zero-order chi connectivity index (χ0) is 11.9. The summed E-state index contributed by atoms with van der Waals surface area (Å²) in [5, 5.41) is 9.32. The number of methoxy groups -OCH3 is 1. The molecule has 16 heavy (non-hydrogen) atoms. The van der Waals surface area contributed by atoms with Crippen molar-refractivity contribution in [3.05, 3.63) is 27.7 Å². The maximum atomic E-state index is 11.3. The lowest BCUT2D eigenvalue weighted by Crippen LogP contribution is -2.21. The summed E-state index contributed by atoms with van der Waals surface area (Å²) in [5.41, 5.74) is 1.01. The third-order valence-corrected chi connectivity index (χ3v) is 3.81. The van der Waals surface area contributed by atoms with Crippen LogP contribution in [0.2, 0.25) is 0 Å². The van der Waals surface area contributed by atoms with E-state index in [-0.39, 0.29) is 0 Å². The number of hydrogen-bond donors (Lipinski definition) is 1. The van der Waals surface area contributed by atoms with E-state index < -0.39 is 11.4 Å². The van der Waals surface area contributed by atoms with Gasteiger partial charge in [-0.05, 0) is 31.4 Å². The third kappa shape index (κ3) is 1.52. The summed E-state index contributed by atoms with van der Waals surface area (Å²) < 4.78 is 6.15. The average Bonchev–Trinajstić information content (AvgIpc) is 3.02. The van der Waals surface area contributed by atoms with E-state index >= 15 is 0 Å². The Bertz CT molecular complexity index is 450. The number of aryl methyl sites for hydroxylation is 1. The topological polar surface area (TPSA) is 46.5 Å². The van der Waals surface area contributed by atoms with Crippen molar-refractivity contribution in [3.8, 4) is 5.75 Å². The van der Waals surface area contributed by atoms with Crippen molar-refractivity contribution in [1.29, 1.82) is 0 Å². The largest absolute Gasteiger partial charge is 0.496 e. The smallest absolute Gasteiger partial charge is 0.314 e. The number of carboxylic acids is 1. The third-order valence-electron chi connectivity index (χ3n) is 3.15. The molecule has 1 fully saturated rings. The fourth-order valence-electron chi connectivity index (χ4n) is 2.07. The Morgan fingerprint density at radius 1 is 1.50 bits per heavy atom. The molecule has 4 heteroatoms. The lowest BCUT2D eigenvalue weighted by molar-refractivity contribution is -0.140. The lowest BCUT2D eigenvalue weighted by Gasteiger charge is -2.18. The second-order valence-electron chi connectivity index (χ2n) is 4.16. The molecule has 0 unspecified atom stereocenters. The van der Waals surface area contributed by atoms with E-state index in [9.17, 15) is 9.90 Å². The van der Waals surface area contributed by atoms with Crippen LogP contribution in [0.5, 0.6) is 5.75 Å². The van der Waals surface area contributed by atoms with Gasteiger partial charge in [-0.15, -0.1) is 0 Å². The van der Waals surface area contributed by atoms with Crippen LogP contribution in [-0.2, 0) is 10.2 Å². The van der Waals surface area contributed by atoms with Gasteiger partial charge >= 0.3 is 5.97 Å². The van der Waals surface area contributed by atoms with Gasteiger partial charge in [-0.1, -0.05) is 22.0 Å². The van der Waals surface area contributed by atoms with Gasteiger partial charge in [0.05, 0.1) is 12.5 Å². The van der Waals surface area contributed by atoms with Crippen molar-refractivity contribution < 1.29 is 14.6 Å². The SMILES string of the molecule is COc1c(C)ccc(Br)c1C1(C(=O)O)CC1. The first kappa shape index (κ1) is 11.5. The van der Waals surface area contributed by atoms with Crippen LogP contribution in [0.3, 0.4) is 0 Å². The van der Waals surface area contributed by atoms with Crippen LogP contribution in [0.1, 0.15) is 24.0 Å². The van der Waals surface area contributed by atoms with E-state index in [4.69, 9.17) is 4.74 Å². The highest BCUT2D eigenvalue weighted by molar-refractivity contribution is 9.10. The van der Waals surface area contributed by atoms with Crippen molar-refractivity contribution in [2.45, 2.75) is 25.2 Å². The molecule has 3 nitrogen and oxygen atoms in total. The van der Waals surface area contributed by atoms with E-state index in [1.54, 1.807) is 7.11 Å². The highest BCUT2D eigenvalue weighted by Crippen LogP contribution is 2.54. The maximum absolute atomic E-state index is 11.3. The minimum absolute atomic E-state index is 0.681. The average molecular weight is 285 g/mol. The second kappa shape index (κ2) is 3.77. The Balaban J connectivity index is 2.64. The quantitative estimate of drug-likeness (QED) is 0.928. The fourth-order valence-corrected chi connectivity index (χ4v) is 2.76. The van der Waals surface area contributed by atoms with Gasteiger partial charge in [0, 0.05) is 10.0 Å². The summed E-state index contributed by atoms with van der Waals surface area (Å²) >= 11 is 3.42.